The number of rotatable bonds is 4. The molecule has 3 aromatic rings. The summed E-state index contributed by atoms with van der Waals surface area (Å²) < 4.78 is 7.29. The van der Waals surface area contributed by atoms with Crippen LogP contribution in [0.25, 0.3) is 22.8 Å². The maximum absolute atomic E-state index is 5.78. The molecule has 3 rings (SSSR count). The van der Waals surface area contributed by atoms with Crippen LogP contribution in [0.3, 0.4) is 0 Å². The molecule has 0 atom stereocenters. The number of oxazole rings is 1. The van der Waals surface area contributed by atoms with Crippen LogP contribution in [0.4, 0.5) is 0 Å². The van der Waals surface area contributed by atoms with Gasteiger partial charge in [-0.1, -0.05) is 42.5 Å². The number of aryl methyl sites for hydroxylation is 1. The molecule has 2 N–H and O–H groups in total. The fourth-order valence-corrected chi connectivity index (χ4v) is 2.41. The minimum Gasteiger partial charge on any atom is -0.432 e. The summed E-state index contributed by atoms with van der Waals surface area (Å²) in [6, 6.07) is 8.17. The van der Waals surface area contributed by atoms with Crippen molar-refractivity contribution in [2.75, 3.05) is 0 Å². The van der Waals surface area contributed by atoms with Crippen LogP contribution >= 0.6 is 0 Å². The Hall–Kier alpha value is -3.08. The van der Waals surface area contributed by atoms with Crippen LogP contribution in [0.15, 0.2) is 64.9 Å². The van der Waals surface area contributed by atoms with E-state index >= 15 is 0 Å². The van der Waals surface area contributed by atoms with E-state index in [0.717, 1.165) is 17.0 Å². The van der Waals surface area contributed by atoms with Crippen LogP contribution in [-0.2, 0) is 0 Å². The standard InChI is InChI=1S/C18H18N4O/c1-4-5-15(20-13(3)19)17-16(14-8-6-12(2)7-9-14)21-18-22(17)10-11-23-18/h4-11H,1H2,2-3H3,(H2,19,20)/b15-5-. The highest BCUT2D eigenvalue weighted by Crippen LogP contribution is 2.31. The Kier molecular flexibility index (Phi) is 3.85. The smallest absolute Gasteiger partial charge is 0.306 e. The summed E-state index contributed by atoms with van der Waals surface area (Å²) in [5.74, 6) is 0.974. The number of amidine groups is 1. The molecule has 0 saturated heterocycles. The van der Waals surface area contributed by atoms with Crippen LogP contribution in [0.1, 0.15) is 18.2 Å². The van der Waals surface area contributed by atoms with E-state index in [1.165, 1.54) is 5.56 Å². The molecule has 23 heavy (non-hydrogen) atoms. The molecule has 0 amide bonds. The maximum atomic E-state index is 5.78. The Balaban J connectivity index is 2.29. The minimum absolute atomic E-state index is 0.464. The van der Waals surface area contributed by atoms with Gasteiger partial charge in [0.05, 0.1) is 11.5 Å². The second-order valence-electron chi connectivity index (χ2n) is 5.27. The number of aromatic nitrogens is 2. The first-order valence-electron chi connectivity index (χ1n) is 7.26. The van der Waals surface area contributed by atoms with E-state index in [1.54, 1.807) is 19.3 Å². The van der Waals surface area contributed by atoms with Gasteiger partial charge in [-0.3, -0.25) is 4.40 Å². The van der Waals surface area contributed by atoms with Crippen molar-refractivity contribution in [1.82, 2.24) is 9.38 Å². The SMILES string of the molecule is C=C/C=C(\N=C(/C)N)c1c(-c2ccc(C)cc2)nc2occn12. The van der Waals surface area contributed by atoms with E-state index < -0.39 is 0 Å². The predicted octanol–water partition coefficient (Wildman–Crippen LogP) is 3.81. The van der Waals surface area contributed by atoms with E-state index in [2.05, 4.69) is 35.6 Å². The van der Waals surface area contributed by atoms with Gasteiger partial charge in [-0.25, -0.2) is 4.99 Å². The second kappa shape index (κ2) is 5.96. The Bertz CT molecular complexity index is 906. The number of hydrogen-bond donors (Lipinski definition) is 1. The quantitative estimate of drug-likeness (QED) is 0.453. The molecule has 5 heteroatoms. The zero-order valence-electron chi connectivity index (χ0n) is 13.2. The summed E-state index contributed by atoms with van der Waals surface area (Å²) >= 11 is 0. The normalized spacial score (nSPS) is 12.8. The average Bonchev–Trinajstić information content (AvgIpc) is 3.07. The molecular weight excluding hydrogens is 288 g/mol. The zero-order valence-corrected chi connectivity index (χ0v) is 13.2. The Morgan fingerprint density at radius 2 is 2.09 bits per heavy atom. The number of aliphatic imine (C=N–C) groups is 1. The Morgan fingerprint density at radius 3 is 2.74 bits per heavy atom. The van der Waals surface area contributed by atoms with Crippen molar-refractivity contribution in [2.24, 2.45) is 10.7 Å². The summed E-state index contributed by atoms with van der Waals surface area (Å²) in [4.78, 5) is 9.02. The molecule has 2 heterocycles. The molecule has 5 nitrogen and oxygen atoms in total. The molecule has 0 radical (unpaired) electrons. The molecule has 0 saturated carbocycles. The first-order valence-corrected chi connectivity index (χ1v) is 7.26. The van der Waals surface area contributed by atoms with E-state index in [-0.39, 0.29) is 0 Å². The van der Waals surface area contributed by atoms with Crippen LogP contribution in [0, 0.1) is 6.92 Å². The molecule has 0 fully saturated rings. The summed E-state index contributed by atoms with van der Waals surface area (Å²) in [5.41, 5.74) is 10.3. The molecule has 0 unspecified atom stereocenters. The van der Waals surface area contributed by atoms with Crippen molar-refractivity contribution in [2.45, 2.75) is 13.8 Å². The second-order valence-corrected chi connectivity index (χ2v) is 5.27. The third kappa shape index (κ3) is 2.81. The lowest BCUT2D eigenvalue weighted by Gasteiger charge is -2.06. The van der Waals surface area contributed by atoms with Crippen molar-refractivity contribution in [3.05, 3.63) is 66.7 Å². The van der Waals surface area contributed by atoms with Gasteiger partial charge in [0, 0.05) is 11.8 Å². The zero-order chi connectivity index (χ0) is 16.4. The summed E-state index contributed by atoms with van der Waals surface area (Å²) in [6.45, 7) is 7.56. The third-order valence-corrected chi connectivity index (χ3v) is 3.40. The molecule has 1 aromatic carbocycles. The van der Waals surface area contributed by atoms with Crippen molar-refractivity contribution >= 4 is 17.4 Å². The number of hydrogen-bond acceptors (Lipinski definition) is 3. The fraction of sp³-hybridized carbons (Fsp3) is 0.111. The van der Waals surface area contributed by atoms with Crippen LogP contribution in [-0.4, -0.2) is 15.2 Å². The van der Waals surface area contributed by atoms with Crippen LogP contribution < -0.4 is 5.73 Å². The number of nitrogens with two attached hydrogens (primary N) is 1. The monoisotopic (exact) mass is 306 g/mol. The molecule has 0 aliphatic rings. The number of benzene rings is 1. The first-order chi connectivity index (χ1) is 11.1. The largest absolute Gasteiger partial charge is 0.432 e. The highest BCUT2D eigenvalue weighted by atomic mass is 16.3. The van der Waals surface area contributed by atoms with Gasteiger partial charge in [-0.2, -0.15) is 4.98 Å². The topological polar surface area (TPSA) is 68.8 Å². The van der Waals surface area contributed by atoms with E-state index in [1.807, 2.05) is 28.8 Å². The van der Waals surface area contributed by atoms with E-state index in [4.69, 9.17) is 10.2 Å². The average molecular weight is 306 g/mol. The van der Waals surface area contributed by atoms with Crippen molar-refractivity contribution in [1.29, 1.82) is 0 Å². The van der Waals surface area contributed by atoms with Crippen LogP contribution in [0.2, 0.25) is 0 Å². The molecule has 0 bridgehead atoms. The van der Waals surface area contributed by atoms with Crippen molar-refractivity contribution < 1.29 is 4.42 Å². The first kappa shape index (κ1) is 14.8. The number of fused-ring (bicyclic) bond motifs is 1. The van der Waals surface area contributed by atoms with E-state index in [9.17, 15) is 0 Å². The molecule has 116 valence electrons. The van der Waals surface area contributed by atoms with Gasteiger partial charge in [-0.05, 0) is 19.9 Å². The lowest BCUT2D eigenvalue weighted by Crippen LogP contribution is -2.06. The number of allylic oxidation sites excluding steroid dienone is 2. The van der Waals surface area contributed by atoms with E-state index in [0.29, 0.717) is 17.4 Å². The maximum Gasteiger partial charge on any atom is 0.306 e. The highest BCUT2D eigenvalue weighted by Gasteiger charge is 2.19. The summed E-state index contributed by atoms with van der Waals surface area (Å²) in [7, 11) is 0. The molecule has 0 aliphatic carbocycles. The van der Waals surface area contributed by atoms with Crippen molar-refractivity contribution in [3.8, 4) is 11.3 Å². The number of imidazole rings is 1. The molecule has 2 aromatic heterocycles. The molecule has 0 aliphatic heterocycles. The lowest BCUT2D eigenvalue weighted by atomic mass is 10.1. The third-order valence-electron chi connectivity index (χ3n) is 3.40. The van der Waals surface area contributed by atoms with Gasteiger partial charge in [-0.15, -0.1) is 0 Å². The molecular formula is C18H18N4O. The van der Waals surface area contributed by atoms with Gasteiger partial charge in [0.15, 0.2) is 0 Å². The lowest BCUT2D eigenvalue weighted by molar-refractivity contribution is 0.596. The Labute approximate surface area is 134 Å². The Morgan fingerprint density at radius 1 is 1.35 bits per heavy atom. The van der Waals surface area contributed by atoms with Crippen LogP contribution in [0.5, 0.6) is 0 Å². The van der Waals surface area contributed by atoms with Gasteiger partial charge in [0.1, 0.15) is 17.7 Å². The van der Waals surface area contributed by atoms with Gasteiger partial charge < -0.3 is 10.2 Å². The van der Waals surface area contributed by atoms with Gasteiger partial charge in [0.25, 0.3) is 0 Å². The highest BCUT2D eigenvalue weighted by molar-refractivity contribution is 5.88. The van der Waals surface area contributed by atoms with Gasteiger partial charge >= 0.3 is 5.84 Å². The van der Waals surface area contributed by atoms with Crippen molar-refractivity contribution in [3.63, 3.8) is 0 Å². The summed E-state index contributed by atoms with van der Waals surface area (Å²) in [5, 5.41) is 0. The predicted molar refractivity (Wildman–Crippen MR) is 93.1 cm³/mol. The fourth-order valence-electron chi connectivity index (χ4n) is 2.41. The van der Waals surface area contributed by atoms with Gasteiger partial charge in [0.2, 0.25) is 0 Å². The minimum atomic E-state index is 0.464. The summed E-state index contributed by atoms with van der Waals surface area (Å²) in [6.07, 6.45) is 6.90. The number of nitrogens with zero attached hydrogens (tertiary/aromatic N) is 3. The molecule has 0 spiro atoms.